The van der Waals surface area contributed by atoms with Gasteiger partial charge in [-0.2, -0.15) is 5.10 Å². The van der Waals surface area contributed by atoms with E-state index in [1.165, 1.54) is 0 Å². The first-order valence-electron chi connectivity index (χ1n) is 7.98. The van der Waals surface area contributed by atoms with Crippen molar-refractivity contribution in [3.05, 3.63) is 42.5 Å². The fraction of sp³-hybridized carbons (Fsp3) is 0.412. The van der Waals surface area contributed by atoms with Crippen molar-refractivity contribution in [2.75, 3.05) is 46.0 Å². The molecule has 1 fully saturated rings. The number of ether oxygens (including phenoxy) is 2. The first-order valence-corrected chi connectivity index (χ1v) is 8.39. The highest BCUT2D eigenvalue weighted by molar-refractivity contribution is 7.80. The number of hydrogen-bond acceptors (Lipinski definition) is 5. The predicted molar refractivity (Wildman–Crippen MR) is 101 cm³/mol. The average molecular weight is 348 g/mol. The van der Waals surface area contributed by atoms with Crippen LogP contribution in [0.1, 0.15) is 5.56 Å². The normalized spacial score (nSPS) is 15.2. The fourth-order valence-corrected chi connectivity index (χ4v) is 2.35. The van der Waals surface area contributed by atoms with Crippen LogP contribution < -0.4 is 15.5 Å². The summed E-state index contributed by atoms with van der Waals surface area (Å²) in [5.41, 5.74) is 3.75. The molecule has 1 saturated heterocycles. The molecule has 1 heterocycles. The van der Waals surface area contributed by atoms with Crippen LogP contribution >= 0.6 is 12.2 Å². The number of nitrogens with one attached hydrogen (secondary N) is 2. The Labute approximate surface area is 148 Å². The van der Waals surface area contributed by atoms with E-state index < -0.39 is 0 Å². The van der Waals surface area contributed by atoms with Crippen LogP contribution in [-0.4, -0.2) is 62.2 Å². The van der Waals surface area contributed by atoms with E-state index in [0.717, 1.165) is 50.7 Å². The van der Waals surface area contributed by atoms with E-state index >= 15 is 0 Å². The minimum Gasteiger partial charge on any atom is -0.490 e. The zero-order valence-corrected chi connectivity index (χ0v) is 14.6. The zero-order valence-electron chi connectivity index (χ0n) is 13.7. The van der Waals surface area contributed by atoms with Gasteiger partial charge in [-0.15, -0.1) is 0 Å². The molecule has 0 atom stereocenters. The molecule has 0 spiro atoms. The maximum atomic E-state index is 5.48. The summed E-state index contributed by atoms with van der Waals surface area (Å²) >= 11 is 5.20. The molecule has 0 amide bonds. The summed E-state index contributed by atoms with van der Waals surface area (Å²) in [4.78, 5) is 2.34. The fourth-order valence-electron chi connectivity index (χ4n) is 2.20. The van der Waals surface area contributed by atoms with Gasteiger partial charge in [0.25, 0.3) is 0 Å². The van der Waals surface area contributed by atoms with Gasteiger partial charge in [0.1, 0.15) is 12.4 Å². The third-order valence-electron chi connectivity index (χ3n) is 3.42. The summed E-state index contributed by atoms with van der Waals surface area (Å²) < 4.78 is 10.8. The molecule has 1 aromatic carbocycles. The molecule has 1 aliphatic rings. The minimum atomic E-state index is 0.482. The van der Waals surface area contributed by atoms with Crippen molar-refractivity contribution < 1.29 is 9.47 Å². The summed E-state index contributed by atoms with van der Waals surface area (Å²) in [5.74, 6) is 0.782. The van der Waals surface area contributed by atoms with Gasteiger partial charge in [0.05, 0.1) is 19.4 Å². The highest BCUT2D eigenvalue weighted by Gasteiger charge is 2.09. The molecule has 0 radical (unpaired) electrons. The molecule has 1 aliphatic heterocycles. The lowest BCUT2D eigenvalue weighted by atomic mass is 10.2. The maximum Gasteiger partial charge on any atom is 0.187 e. The Morgan fingerprint density at radius 3 is 3.04 bits per heavy atom. The van der Waals surface area contributed by atoms with Crippen LogP contribution in [0.5, 0.6) is 5.75 Å². The summed E-state index contributed by atoms with van der Waals surface area (Å²) in [6.45, 7) is 9.41. The average Bonchev–Trinajstić information content (AvgIpc) is 2.61. The lowest BCUT2D eigenvalue weighted by Gasteiger charge is -2.26. The van der Waals surface area contributed by atoms with E-state index in [1.54, 1.807) is 12.3 Å². The molecule has 7 heteroatoms. The van der Waals surface area contributed by atoms with E-state index in [9.17, 15) is 0 Å². The number of benzene rings is 1. The molecular formula is C17H24N4O2S. The Kier molecular flexibility index (Phi) is 8.23. The number of morpholine rings is 1. The Morgan fingerprint density at radius 1 is 1.42 bits per heavy atom. The Morgan fingerprint density at radius 2 is 2.25 bits per heavy atom. The number of rotatable bonds is 8. The Balaban J connectivity index is 1.66. The van der Waals surface area contributed by atoms with Gasteiger partial charge in [-0.25, -0.2) is 0 Å². The Hall–Kier alpha value is -1.96. The van der Waals surface area contributed by atoms with Crippen LogP contribution in [-0.2, 0) is 4.74 Å². The van der Waals surface area contributed by atoms with Gasteiger partial charge in [0.15, 0.2) is 5.11 Å². The molecule has 2 N–H and O–H groups in total. The first-order chi connectivity index (χ1) is 11.8. The second kappa shape index (κ2) is 10.7. The van der Waals surface area contributed by atoms with Gasteiger partial charge < -0.3 is 14.8 Å². The summed E-state index contributed by atoms with van der Waals surface area (Å²) in [5, 5.41) is 7.80. The summed E-state index contributed by atoms with van der Waals surface area (Å²) in [6.07, 6.45) is 3.42. The van der Waals surface area contributed by atoms with E-state index in [0.29, 0.717) is 11.7 Å². The first kappa shape index (κ1) is 18.4. The van der Waals surface area contributed by atoms with Crippen molar-refractivity contribution in [1.82, 2.24) is 15.6 Å². The van der Waals surface area contributed by atoms with Crippen LogP contribution in [0.25, 0.3) is 0 Å². The van der Waals surface area contributed by atoms with E-state index in [4.69, 9.17) is 21.7 Å². The van der Waals surface area contributed by atoms with Crippen molar-refractivity contribution >= 4 is 23.5 Å². The molecule has 24 heavy (non-hydrogen) atoms. The van der Waals surface area contributed by atoms with Gasteiger partial charge in [-0.05, 0) is 29.9 Å². The summed E-state index contributed by atoms with van der Waals surface area (Å²) in [6, 6.07) is 7.66. The molecule has 130 valence electrons. The van der Waals surface area contributed by atoms with Gasteiger partial charge in [-0.3, -0.25) is 10.3 Å². The largest absolute Gasteiger partial charge is 0.490 e. The number of thiocarbonyl (C=S) groups is 1. The third kappa shape index (κ3) is 7.08. The molecule has 6 nitrogen and oxygen atoms in total. The van der Waals surface area contributed by atoms with Crippen LogP contribution in [0.15, 0.2) is 42.0 Å². The van der Waals surface area contributed by atoms with Crippen LogP contribution in [0, 0.1) is 0 Å². The standard InChI is InChI=1S/C17H24N4O2S/c1-2-10-23-16-5-3-4-15(13-16)14-19-20-17(24)18-6-7-21-8-11-22-12-9-21/h2-5,13-14H,1,6-12H2,(H2,18,20,24)/b19-14-. The monoisotopic (exact) mass is 348 g/mol. The van der Waals surface area contributed by atoms with Crippen molar-refractivity contribution in [2.24, 2.45) is 5.10 Å². The molecular weight excluding hydrogens is 324 g/mol. The van der Waals surface area contributed by atoms with Crippen molar-refractivity contribution in [2.45, 2.75) is 0 Å². The van der Waals surface area contributed by atoms with Gasteiger partial charge in [-0.1, -0.05) is 24.8 Å². The molecule has 0 aliphatic carbocycles. The van der Waals surface area contributed by atoms with E-state index in [1.807, 2.05) is 24.3 Å². The minimum absolute atomic E-state index is 0.482. The van der Waals surface area contributed by atoms with Crippen molar-refractivity contribution in [3.63, 3.8) is 0 Å². The SMILES string of the molecule is C=CCOc1cccc(/C=N\NC(=S)NCCN2CCOCC2)c1. The highest BCUT2D eigenvalue weighted by Crippen LogP contribution is 2.11. The molecule has 2 rings (SSSR count). The quantitative estimate of drug-likeness (QED) is 0.320. The molecule has 0 saturated carbocycles. The van der Waals surface area contributed by atoms with Crippen LogP contribution in [0.2, 0.25) is 0 Å². The number of nitrogens with zero attached hydrogens (tertiary/aromatic N) is 2. The maximum absolute atomic E-state index is 5.48. The zero-order chi connectivity index (χ0) is 17.0. The van der Waals surface area contributed by atoms with E-state index in [2.05, 4.69) is 27.3 Å². The topological polar surface area (TPSA) is 58.1 Å². The van der Waals surface area contributed by atoms with Crippen LogP contribution in [0.3, 0.4) is 0 Å². The molecule has 0 aromatic heterocycles. The predicted octanol–water partition coefficient (Wildman–Crippen LogP) is 1.38. The third-order valence-corrected chi connectivity index (χ3v) is 3.66. The lowest BCUT2D eigenvalue weighted by Crippen LogP contribution is -2.42. The number of hydrazone groups is 1. The van der Waals surface area contributed by atoms with E-state index in [-0.39, 0.29) is 0 Å². The van der Waals surface area contributed by atoms with Gasteiger partial charge in [0, 0.05) is 26.2 Å². The van der Waals surface area contributed by atoms with Crippen molar-refractivity contribution in [3.8, 4) is 5.75 Å². The highest BCUT2D eigenvalue weighted by atomic mass is 32.1. The number of hydrogen-bond donors (Lipinski definition) is 2. The molecule has 0 bridgehead atoms. The van der Waals surface area contributed by atoms with Gasteiger partial charge >= 0.3 is 0 Å². The summed E-state index contributed by atoms with van der Waals surface area (Å²) in [7, 11) is 0. The van der Waals surface area contributed by atoms with Gasteiger partial charge in [0.2, 0.25) is 0 Å². The van der Waals surface area contributed by atoms with Crippen molar-refractivity contribution in [1.29, 1.82) is 0 Å². The smallest absolute Gasteiger partial charge is 0.187 e. The molecule has 1 aromatic rings. The lowest BCUT2D eigenvalue weighted by molar-refractivity contribution is 0.0389. The Bertz CT molecular complexity index is 559. The second-order valence-electron chi connectivity index (χ2n) is 5.25. The molecule has 0 unspecified atom stereocenters. The van der Waals surface area contributed by atoms with Crippen LogP contribution in [0.4, 0.5) is 0 Å². The second-order valence-corrected chi connectivity index (χ2v) is 5.66.